The molecule has 0 spiro atoms. The minimum absolute atomic E-state index is 0.511. The number of ether oxygens (including phenoxy) is 1. The van der Waals surface area contributed by atoms with Crippen LogP contribution in [0.25, 0.3) is 11.0 Å². The molecule has 2 rings (SSSR count). The third-order valence-corrected chi connectivity index (χ3v) is 2.24. The van der Waals surface area contributed by atoms with Crippen LogP contribution in [-0.4, -0.2) is 30.3 Å². The smallest absolute Gasteiger partial charge is 0.0916 e. The number of hydrogen-bond acceptors (Lipinski definition) is 5. The number of nitrogens with zero attached hydrogens (tertiary/aromatic N) is 2. The minimum Gasteiger partial charge on any atom is -0.382 e. The first-order valence-corrected chi connectivity index (χ1v) is 5.44. The van der Waals surface area contributed by atoms with Gasteiger partial charge in [-0.1, -0.05) is 12.1 Å². The maximum atomic E-state index is 5.15. The monoisotopic (exact) mass is 233 g/mol. The fourth-order valence-electron chi connectivity index (χ4n) is 1.40. The van der Waals surface area contributed by atoms with Crippen LogP contribution in [0.3, 0.4) is 0 Å². The molecule has 0 saturated carbocycles. The lowest BCUT2D eigenvalue weighted by Crippen LogP contribution is -2.17. The van der Waals surface area contributed by atoms with Gasteiger partial charge in [-0.15, -0.1) is 0 Å². The largest absolute Gasteiger partial charge is 0.382 e. The summed E-state index contributed by atoms with van der Waals surface area (Å²) in [6.07, 6.45) is 1.75. The van der Waals surface area contributed by atoms with E-state index in [0.717, 1.165) is 16.7 Å². The summed E-state index contributed by atoms with van der Waals surface area (Å²) in [5, 5.41) is 0. The van der Waals surface area contributed by atoms with Gasteiger partial charge in [0.15, 0.2) is 0 Å². The molecule has 0 saturated heterocycles. The summed E-state index contributed by atoms with van der Waals surface area (Å²) in [6.45, 7) is 1.61. The van der Waals surface area contributed by atoms with Crippen LogP contribution in [0, 0.1) is 0 Å². The van der Waals surface area contributed by atoms with Crippen molar-refractivity contribution in [2.45, 2.75) is 6.54 Å². The summed E-state index contributed by atoms with van der Waals surface area (Å²) in [4.78, 5) is 13.9. The Hall–Kier alpha value is -1.56. The van der Waals surface area contributed by atoms with E-state index in [-0.39, 0.29) is 0 Å². The summed E-state index contributed by atoms with van der Waals surface area (Å²) in [6, 6.07) is 7.78. The second-order valence-corrected chi connectivity index (χ2v) is 3.51. The van der Waals surface area contributed by atoms with E-state index >= 15 is 0 Å². The molecule has 0 radical (unpaired) electrons. The predicted octanol–water partition coefficient (Wildman–Crippen LogP) is 1.30. The van der Waals surface area contributed by atoms with E-state index in [2.05, 4.69) is 15.4 Å². The molecule has 0 bridgehead atoms. The van der Waals surface area contributed by atoms with E-state index in [4.69, 9.17) is 9.57 Å². The standard InChI is InChI=1S/C12H15N3O2/c1-16-6-7-17-14-9-10-8-13-11-4-2-3-5-12(11)15-10/h2-5,8,14H,6-7,9H2,1H3. The second-order valence-electron chi connectivity index (χ2n) is 3.51. The normalized spacial score (nSPS) is 10.9. The Morgan fingerprint density at radius 1 is 1.18 bits per heavy atom. The van der Waals surface area contributed by atoms with Gasteiger partial charge in [0.2, 0.25) is 0 Å². The number of rotatable bonds is 6. The van der Waals surface area contributed by atoms with Crippen molar-refractivity contribution in [2.24, 2.45) is 0 Å². The summed E-state index contributed by atoms with van der Waals surface area (Å²) < 4.78 is 4.86. The van der Waals surface area contributed by atoms with E-state index in [1.165, 1.54) is 0 Å². The number of methoxy groups -OCH3 is 1. The molecule has 0 aliphatic carbocycles. The lowest BCUT2D eigenvalue weighted by Gasteiger charge is -2.05. The van der Waals surface area contributed by atoms with Crippen LogP contribution in [-0.2, 0) is 16.1 Å². The summed E-state index contributed by atoms with van der Waals surface area (Å²) >= 11 is 0. The molecule has 0 atom stereocenters. The third kappa shape index (κ3) is 3.45. The highest BCUT2D eigenvalue weighted by Crippen LogP contribution is 2.07. The third-order valence-electron chi connectivity index (χ3n) is 2.24. The van der Waals surface area contributed by atoms with Crippen molar-refractivity contribution >= 4 is 11.0 Å². The Morgan fingerprint density at radius 3 is 2.82 bits per heavy atom. The van der Waals surface area contributed by atoms with Crippen molar-refractivity contribution in [2.75, 3.05) is 20.3 Å². The first-order chi connectivity index (χ1) is 8.40. The van der Waals surface area contributed by atoms with Gasteiger partial charge >= 0.3 is 0 Å². The van der Waals surface area contributed by atoms with Gasteiger partial charge in [-0.05, 0) is 12.1 Å². The molecular formula is C12H15N3O2. The molecule has 5 heteroatoms. The Labute approximate surface area is 99.7 Å². The number of para-hydroxylation sites is 2. The number of hydroxylamine groups is 1. The highest BCUT2D eigenvalue weighted by molar-refractivity contribution is 5.73. The van der Waals surface area contributed by atoms with Gasteiger partial charge in [0.25, 0.3) is 0 Å². The molecule has 2 aromatic rings. The number of aromatic nitrogens is 2. The van der Waals surface area contributed by atoms with Crippen molar-refractivity contribution in [3.63, 3.8) is 0 Å². The van der Waals surface area contributed by atoms with Crippen molar-refractivity contribution < 1.29 is 9.57 Å². The Balaban J connectivity index is 1.90. The summed E-state index contributed by atoms with van der Waals surface area (Å²) in [5.74, 6) is 0. The zero-order chi connectivity index (χ0) is 11.9. The zero-order valence-corrected chi connectivity index (χ0v) is 9.72. The second kappa shape index (κ2) is 6.24. The van der Waals surface area contributed by atoms with Crippen LogP contribution in [0.15, 0.2) is 30.5 Å². The van der Waals surface area contributed by atoms with Crippen LogP contribution in [0.2, 0.25) is 0 Å². The lowest BCUT2D eigenvalue weighted by atomic mass is 10.3. The molecule has 90 valence electrons. The molecule has 1 N–H and O–H groups in total. The Bertz CT molecular complexity index is 476. The van der Waals surface area contributed by atoms with Crippen LogP contribution in [0.5, 0.6) is 0 Å². The maximum Gasteiger partial charge on any atom is 0.0916 e. The molecule has 1 heterocycles. The molecule has 1 aromatic carbocycles. The first kappa shape index (κ1) is 11.9. The Morgan fingerprint density at radius 2 is 2.00 bits per heavy atom. The molecular weight excluding hydrogens is 218 g/mol. The van der Waals surface area contributed by atoms with Crippen LogP contribution < -0.4 is 5.48 Å². The van der Waals surface area contributed by atoms with Gasteiger partial charge in [0.1, 0.15) is 0 Å². The number of fused-ring (bicyclic) bond motifs is 1. The SMILES string of the molecule is COCCONCc1cnc2ccccc2n1. The number of nitrogens with one attached hydrogen (secondary N) is 1. The van der Waals surface area contributed by atoms with Gasteiger partial charge in [-0.2, -0.15) is 5.48 Å². The van der Waals surface area contributed by atoms with Crippen molar-refractivity contribution in [3.05, 3.63) is 36.2 Å². The predicted molar refractivity (Wildman–Crippen MR) is 64.2 cm³/mol. The molecule has 0 aliphatic rings. The van der Waals surface area contributed by atoms with Gasteiger partial charge < -0.3 is 4.74 Å². The molecule has 17 heavy (non-hydrogen) atoms. The highest BCUT2D eigenvalue weighted by atomic mass is 16.7. The van der Waals surface area contributed by atoms with Gasteiger partial charge in [-0.3, -0.25) is 9.82 Å². The van der Waals surface area contributed by atoms with E-state index in [0.29, 0.717) is 19.8 Å². The van der Waals surface area contributed by atoms with Gasteiger partial charge in [0.05, 0.1) is 42.7 Å². The molecule has 0 aliphatic heterocycles. The molecule has 0 fully saturated rings. The maximum absolute atomic E-state index is 5.15. The quantitative estimate of drug-likeness (QED) is 0.602. The zero-order valence-electron chi connectivity index (χ0n) is 9.72. The molecule has 0 unspecified atom stereocenters. The van der Waals surface area contributed by atoms with Crippen LogP contribution in [0.4, 0.5) is 0 Å². The van der Waals surface area contributed by atoms with Crippen molar-refractivity contribution in [1.29, 1.82) is 0 Å². The molecule has 0 amide bonds. The van der Waals surface area contributed by atoms with E-state index in [1.54, 1.807) is 13.3 Å². The summed E-state index contributed by atoms with van der Waals surface area (Å²) in [7, 11) is 1.64. The number of benzene rings is 1. The van der Waals surface area contributed by atoms with E-state index < -0.39 is 0 Å². The molecule has 5 nitrogen and oxygen atoms in total. The van der Waals surface area contributed by atoms with E-state index in [9.17, 15) is 0 Å². The minimum atomic E-state index is 0.511. The Kier molecular flexibility index (Phi) is 4.37. The van der Waals surface area contributed by atoms with Gasteiger partial charge in [-0.25, -0.2) is 4.98 Å². The van der Waals surface area contributed by atoms with Gasteiger partial charge in [0, 0.05) is 7.11 Å². The van der Waals surface area contributed by atoms with E-state index in [1.807, 2.05) is 24.3 Å². The average molecular weight is 233 g/mol. The van der Waals surface area contributed by atoms with Crippen molar-refractivity contribution in [3.8, 4) is 0 Å². The average Bonchev–Trinajstić information content (AvgIpc) is 2.38. The topological polar surface area (TPSA) is 56.3 Å². The number of hydrogen-bond donors (Lipinski definition) is 1. The van der Waals surface area contributed by atoms with Crippen LogP contribution >= 0.6 is 0 Å². The highest BCUT2D eigenvalue weighted by Gasteiger charge is 1.98. The van der Waals surface area contributed by atoms with Crippen LogP contribution in [0.1, 0.15) is 5.69 Å². The summed E-state index contributed by atoms with van der Waals surface area (Å²) in [5.41, 5.74) is 5.46. The lowest BCUT2D eigenvalue weighted by molar-refractivity contribution is 0.00298. The molecule has 1 aromatic heterocycles. The van der Waals surface area contributed by atoms with Crippen molar-refractivity contribution in [1.82, 2.24) is 15.4 Å². The first-order valence-electron chi connectivity index (χ1n) is 5.44. The fourth-order valence-corrected chi connectivity index (χ4v) is 1.40. The fraction of sp³-hybridized carbons (Fsp3) is 0.333.